The van der Waals surface area contributed by atoms with Crippen LogP contribution in [0.25, 0.3) is 0 Å². The van der Waals surface area contributed by atoms with Crippen molar-refractivity contribution in [3.8, 4) is 0 Å². The molecule has 1 heterocycles. The molecule has 8 heteroatoms. The fourth-order valence-electron chi connectivity index (χ4n) is 1.81. The molecule has 1 aliphatic rings. The zero-order valence-electron chi connectivity index (χ0n) is 10.3. The predicted octanol–water partition coefficient (Wildman–Crippen LogP) is 3.07. The van der Waals surface area contributed by atoms with Crippen LogP contribution in [0.4, 0.5) is 22.0 Å². The number of carbonyl (C=O) groups is 1. The van der Waals surface area contributed by atoms with E-state index in [4.69, 9.17) is 0 Å². The van der Waals surface area contributed by atoms with E-state index in [1.807, 2.05) is 0 Å². The summed E-state index contributed by atoms with van der Waals surface area (Å²) >= 11 is 0. The minimum atomic E-state index is -5.33. The summed E-state index contributed by atoms with van der Waals surface area (Å²) in [6.07, 6.45) is -10.7. The van der Waals surface area contributed by atoms with Crippen LogP contribution in [0.15, 0.2) is 0 Å². The molecule has 0 aromatic carbocycles. The van der Waals surface area contributed by atoms with Gasteiger partial charge in [-0.15, -0.1) is 0 Å². The van der Waals surface area contributed by atoms with Crippen molar-refractivity contribution in [3.05, 3.63) is 0 Å². The zero-order valence-corrected chi connectivity index (χ0v) is 10.3. The van der Waals surface area contributed by atoms with Gasteiger partial charge in [-0.3, -0.25) is 4.79 Å². The Balaban J connectivity index is 2.86. The fraction of sp³-hybridized carbons (Fsp3) is 0.909. The summed E-state index contributed by atoms with van der Waals surface area (Å²) in [4.78, 5) is 11.1. The number of ether oxygens (including phenoxy) is 2. The van der Waals surface area contributed by atoms with Crippen LogP contribution in [0.3, 0.4) is 0 Å². The van der Waals surface area contributed by atoms with Gasteiger partial charge in [0.15, 0.2) is 0 Å². The molecule has 19 heavy (non-hydrogen) atoms. The van der Waals surface area contributed by atoms with Crippen LogP contribution in [0.2, 0.25) is 0 Å². The first kappa shape index (κ1) is 16.1. The van der Waals surface area contributed by atoms with Gasteiger partial charge in [-0.25, -0.2) is 0 Å². The topological polar surface area (TPSA) is 35.5 Å². The van der Waals surface area contributed by atoms with E-state index in [9.17, 15) is 26.7 Å². The van der Waals surface area contributed by atoms with Crippen LogP contribution >= 0.6 is 0 Å². The van der Waals surface area contributed by atoms with Crippen LogP contribution in [-0.4, -0.2) is 36.9 Å². The van der Waals surface area contributed by atoms with Gasteiger partial charge in [0.1, 0.15) is 6.10 Å². The van der Waals surface area contributed by atoms with Gasteiger partial charge in [0, 0.05) is 13.0 Å². The van der Waals surface area contributed by atoms with E-state index in [1.54, 1.807) is 0 Å². The van der Waals surface area contributed by atoms with E-state index < -0.39 is 30.3 Å². The summed E-state index contributed by atoms with van der Waals surface area (Å²) in [5, 5.41) is 0. The second-order valence-electron chi connectivity index (χ2n) is 4.34. The highest BCUT2D eigenvalue weighted by Gasteiger charge is 2.63. The van der Waals surface area contributed by atoms with Crippen LogP contribution in [-0.2, 0) is 14.3 Å². The Bertz CT molecular complexity index is 310. The quantitative estimate of drug-likeness (QED) is 0.576. The van der Waals surface area contributed by atoms with Gasteiger partial charge < -0.3 is 9.47 Å². The molecule has 0 bridgehead atoms. The molecule has 2 unspecified atom stereocenters. The Morgan fingerprint density at radius 2 is 2.00 bits per heavy atom. The normalized spacial score (nSPS) is 22.3. The Labute approximate surface area is 107 Å². The number of rotatable bonds is 5. The van der Waals surface area contributed by atoms with Gasteiger partial charge in [-0.2, -0.15) is 22.0 Å². The number of carbonyl (C=O) groups excluding carboxylic acids is 1. The molecule has 0 amide bonds. The molecule has 0 N–H and O–H groups in total. The minimum Gasteiger partial charge on any atom is -0.446 e. The molecule has 3 nitrogen and oxygen atoms in total. The number of hydrogen-bond acceptors (Lipinski definition) is 3. The average molecular weight is 290 g/mol. The standard InChI is InChI=1S/C11H15F5O3/c1-2-4-8(17)19-9(11(14,15)16)10(12,13)7-5-3-6-18-7/h7,9H,2-6H2,1H3. The maximum atomic E-state index is 13.8. The first-order valence-electron chi connectivity index (χ1n) is 5.95. The maximum Gasteiger partial charge on any atom is 0.431 e. The molecular weight excluding hydrogens is 275 g/mol. The molecular formula is C11H15F5O3. The fourth-order valence-corrected chi connectivity index (χ4v) is 1.81. The van der Waals surface area contributed by atoms with Crippen molar-refractivity contribution in [1.82, 2.24) is 0 Å². The third-order valence-electron chi connectivity index (χ3n) is 2.71. The summed E-state index contributed by atoms with van der Waals surface area (Å²) in [6.45, 7) is 1.51. The summed E-state index contributed by atoms with van der Waals surface area (Å²) in [6, 6.07) is 0. The van der Waals surface area contributed by atoms with Gasteiger partial charge in [-0.1, -0.05) is 6.92 Å². The third-order valence-corrected chi connectivity index (χ3v) is 2.71. The van der Waals surface area contributed by atoms with E-state index in [0.717, 1.165) is 0 Å². The second-order valence-corrected chi connectivity index (χ2v) is 4.34. The van der Waals surface area contributed by atoms with Gasteiger partial charge >= 0.3 is 18.1 Å². The van der Waals surface area contributed by atoms with E-state index in [1.165, 1.54) is 6.92 Å². The van der Waals surface area contributed by atoms with E-state index in [2.05, 4.69) is 9.47 Å². The lowest BCUT2D eigenvalue weighted by molar-refractivity contribution is -0.296. The minimum absolute atomic E-state index is 0.0201. The molecule has 1 saturated heterocycles. The van der Waals surface area contributed by atoms with Gasteiger partial charge in [0.25, 0.3) is 6.10 Å². The molecule has 1 aliphatic heterocycles. The lowest BCUT2D eigenvalue weighted by atomic mass is 10.0. The number of alkyl halides is 5. The largest absolute Gasteiger partial charge is 0.446 e. The highest BCUT2D eigenvalue weighted by molar-refractivity contribution is 5.69. The lowest BCUT2D eigenvalue weighted by Gasteiger charge is -2.31. The molecule has 0 radical (unpaired) electrons. The van der Waals surface area contributed by atoms with Crippen molar-refractivity contribution in [2.24, 2.45) is 0 Å². The molecule has 1 rings (SSSR count). The number of esters is 1. The predicted molar refractivity (Wildman–Crippen MR) is 54.8 cm³/mol. The molecule has 0 aliphatic carbocycles. The summed E-state index contributed by atoms with van der Waals surface area (Å²) in [5.41, 5.74) is 0. The van der Waals surface area contributed by atoms with Crippen molar-refractivity contribution >= 4 is 5.97 Å². The Morgan fingerprint density at radius 1 is 1.37 bits per heavy atom. The summed E-state index contributed by atoms with van der Waals surface area (Å²) < 4.78 is 74.0. The molecule has 1 fully saturated rings. The van der Waals surface area contributed by atoms with Gasteiger partial charge in [0.2, 0.25) is 0 Å². The summed E-state index contributed by atoms with van der Waals surface area (Å²) in [5.74, 6) is -5.57. The van der Waals surface area contributed by atoms with Crippen LogP contribution in [0.5, 0.6) is 0 Å². The Kier molecular flexibility index (Phi) is 5.11. The van der Waals surface area contributed by atoms with Crippen molar-refractivity contribution in [2.45, 2.75) is 56.9 Å². The van der Waals surface area contributed by atoms with Gasteiger partial charge in [0.05, 0.1) is 0 Å². The SMILES string of the molecule is CCCC(=O)OC(C(F)(F)F)C(F)(F)C1CCCO1. The number of hydrogen-bond donors (Lipinski definition) is 0. The Morgan fingerprint density at radius 3 is 2.42 bits per heavy atom. The first-order valence-corrected chi connectivity index (χ1v) is 5.95. The average Bonchev–Trinajstić information content (AvgIpc) is 2.78. The lowest BCUT2D eigenvalue weighted by Crippen LogP contribution is -2.54. The molecule has 0 aromatic rings. The smallest absolute Gasteiger partial charge is 0.431 e. The highest BCUT2D eigenvalue weighted by Crippen LogP contribution is 2.41. The number of halogens is 5. The van der Waals surface area contributed by atoms with E-state index >= 15 is 0 Å². The third kappa shape index (κ3) is 4.02. The molecule has 0 spiro atoms. The van der Waals surface area contributed by atoms with Crippen LogP contribution < -0.4 is 0 Å². The van der Waals surface area contributed by atoms with Crippen LogP contribution in [0.1, 0.15) is 32.6 Å². The molecule has 112 valence electrons. The summed E-state index contributed by atoms with van der Waals surface area (Å²) in [7, 11) is 0. The molecule has 2 atom stereocenters. The van der Waals surface area contributed by atoms with Crippen molar-refractivity contribution in [3.63, 3.8) is 0 Å². The van der Waals surface area contributed by atoms with Crippen molar-refractivity contribution in [1.29, 1.82) is 0 Å². The highest BCUT2D eigenvalue weighted by atomic mass is 19.4. The van der Waals surface area contributed by atoms with Gasteiger partial charge in [-0.05, 0) is 19.3 Å². The monoisotopic (exact) mass is 290 g/mol. The van der Waals surface area contributed by atoms with E-state index in [-0.39, 0.29) is 32.3 Å². The molecule has 0 aromatic heterocycles. The van der Waals surface area contributed by atoms with Crippen molar-refractivity contribution in [2.75, 3.05) is 6.61 Å². The van der Waals surface area contributed by atoms with E-state index in [0.29, 0.717) is 0 Å². The maximum absolute atomic E-state index is 13.8. The van der Waals surface area contributed by atoms with Crippen LogP contribution in [0, 0.1) is 0 Å². The van der Waals surface area contributed by atoms with Crippen molar-refractivity contribution < 1.29 is 36.2 Å². The zero-order chi connectivity index (χ0) is 14.7. The Hall–Kier alpha value is -0.920. The second kappa shape index (κ2) is 6.02. The molecule has 0 saturated carbocycles. The first-order chi connectivity index (χ1) is 8.69.